The molecule has 2 N–H and O–H groups in total. The van der Waals surface area contributed by atoms with Gasteiger partial charge in [-0.3, -0.25) is 5.32 Å². The molecule has 6 nitrogen and oxygen atoms in total. The highest BCUT2D eigenvalue weighted by Crippen LogP contribution is 2.12. The molecule has 0 atom stereocenters. The van der Waals surface area contributed by atoms with Crippen molar-refractivity contribution < 1.29 is 19.1 Å². The zero-order chi connectivity index (χ0) is 13.8. The third kappa shape index (κ3) is 4.48. The normalized spacial score (nSPS) is 10.9. The Morgan fingerprint density at radius 3 is 2.56 bits per heavy atom. The van der Waals surface area contributed by atoms with Crippen molar-refractivity contribution in [2.24, 2.45) is 0 Å². The summed E-state index contributed by atoms with van der Waals surface area (Å²) >= 11 is 0. The minimum absolute atomic E-state index is 0.280. The number of ether oxygens (including phenoxy) is 2. The van der Waals surface area contributed by atoms with Gasteiger partial charge in [0.25, 0.3) is 0 Å². The molecule has 0 aliphatic rings. The van der Waals surface area contributed by atoms with Crippen molar-refractivity contribution in [2.75, 3.05) is 11.9 Å². The third-order valence-corrected chi connectivity index (χ3v) is 1.82. The van der Waals surface area contributed by atoms with E-state index in [0.717, 1.165) is 0 Å². The summed E-state index contributed by atoms with van der Waals surface area (Å²) in [4.78, 5) is 25.6. The Labute approximate surface area is 106 Å². The number of aromatic amines is 1. The number of aromatic nitrogens is 1. The van der Waals surface area contributed by atoms with E-state index in [-0.39, 0.29) is 5.69 Å². The topological polar surface area (TPSA) is 80.4 Å². The maximum absolute atomic E-state index is 11.5. The van der Waals surface area contributed by atoms with Crippen molar-refractivity contribution >= 4 is 17.9 Å². The van der Waals surface area contributed by atoms with Crippen LogP contribution in [0.2, 0.25) is 0 Å². The Morgan fingerprint density at radius 1 is 1.33 bits per heavy atom. The van der Waals surface area contributed by atoms with Gasteiger partial charge in [0.05, 0.1) is 6.61 Å². The summed E-state index contributed by atoms with van der Waals surface area (Å²) in [5, 5.41) is 2.49. The molecule has 0 fully saturated rings. The number of hydrogen-bond acceptors (Lipinski definition) is 4. The smallest absolute Gasteiger partial charge is 0.413 e. The van der Waals surface area contributed by atoms with Crippen LogP contribution in [0.5, 0.6) is 0 Å². The van der Waals surface area contributed by atoms with E-state index in [2.05, 4.69) is 10.3 Å². The number of hydrogen-bond donors (Lipinski definition) is 2. The average molecular weight is 254 g/mol. The minimum Gasteiger partial charge on any atom is -0.461 e. The van der Waals surface area contributed by atoms with Gasteiger partial charge >= 0.3 is 12.1 Å². The summed E-state index contributed by atoms with van der Waals surface area (Å²) in [6, 6.07) is 3.10. The molecule has 0 saturated carbocycles. The van der Waals surface area contributed by atoms with Gasteiger partial charge in [0, 0.05) is 0 Å². The summed E-state index contributed by atoms with van der Waals surface area (Å²) in [5.41, 5.74) is -0.288. The van der Waals surface area contributed by atoms with E-state index in [0.29, 0.717) is 12.4 Å². The highest BCUT2D eigenvalue weighted by atomic mass is 16.6. The molecule has 0 aliphatic carbocycles. The van der Waals surface area contributed by atoms with Gasteiger partial charge in [0.2, 0.25) is 0 Å². The first-order valence-electron chi connectivity index (χ1n) is 5.68. The molecule has 0 unspecified atom stereocenters. The SMILES string of the molecule is CCOC(=O)c1ccc(NC(=O)OC(C)(C)C)[nH]1. The fourth-order valence-corrected chi connectivity index (χ4v) is 1.21. The second-order valence-electron chi connectivity index (χ2n) is 4.63. The number of rotatable bonds is 3. The van der Waals surface area contributed by atoms with Crippen LogP contribution in [0, 0.1) is 0 Å². The average Bonchev–Trinajstić information content (AvgIpc) is 2.63. The van der Waals surface area contributed by atoms with Crippen LogP contribution in [0.15, 0.2) is 12.1 Å². The van der Waals surface area contributed by atoms with Crippen LogP contribution >= 0.6 is 0 Å². The first-order chi connectivity index (χ1) is 8.31. The molecule has 1 aromatic heterocycles. The molecule has 1 aromatic rings. The molecule has 1 rings (SSSR count). The molecule has 1 heterocycles. The summed E-state index contributed by atoms with van der Waals surface area (Å²) < 4.78 is 9.89. The fourth-order valence-electron chi connectivity index (χ4n) is 1.21. The van der Waals surface area contributed by atoms with Crippen LogP contribution in [0.25, 0.3) is 0 Å². The van der Waals surface area contributed by atoms with Gasteiger partial charge in [0.15, 0.2) is 0 Å². The van der Waals surface area contributed by atoms with E-state index in [4.69, 9.17) is 9.47 Å². The second-order valence-corrected chi connectivity index (χ2v) is 4.63. The monoisotopic (exact) mass is 254 g/mol. The number of anilines is 1. The van der Waals surface area contributed by atoms with Gasteiger partial charge in [-0.05, 0) is 39.8 Å². The molecule has 0 bridgehead atoms. The number of H-pyrrole nitrogens is 1. The molecule has 0 radical (unpaired) electrons. The van der Waals surface area contributed by atoms with Gasteiger partial charge in [-0.2, -0.15) is 0 Å². The Hall–Kier alpha value is -1.98. The van der Waals surface area contributed by atoms with Crippen LogP contribution in [0.4, 0.5) is 10.6 Å². The Bertz CT molecular complexity index is 432. The molecule has 0 aliphatic heterocycles. The zero-order valence-electron chi connectivity index (χ0n) is 11.0. The number of carbonyl (C=O) groups excluding carboxylic acids is 2. The Balaban J connectivity index is 2.59. The maximum Gasteiger partial charge on any atom is 0.413 e. The van der Waals surface area contributed by atoms with E-state index >= 15 is 0 Å². The van der Waals surface area contributed by atoms with Crippen molar-refractivity contribution in [3.63, 3.8) is 0 Å². The van der Waals surface area contributed by atoms with Gasteiger partial charge < -0.3 is 14.5 Å². The van der Waals surface area contributed by atoms with E-state index in [1.54, 1.807) is 33.8 Å². The van der Waals surface area contributed by atoms with Crippen LogP contribution in [0.3, 0.4) is 0 Å². The number of esters is 1. The molecular formula is C12H18N2O4. The first-order valence-corrected chi connectivity index (χ1v) is 5.68. The highest BCUT2D eigenvalue weighted by Gasteiger charge is 2.17. The van der Waals surface area contributed by atoms with Crippen molar-refractivity contribution in [1.29, 1.82) is 0 Å². The quantitative estimate of drug-likeness (QED) is 0.812. The molecule has 0 saturated heterocycles. The number of nitrogens with one attached hydrogen (secondary N) is 2. The molecule has 18 heavy (non-hydrogen) atoms. The number of carbonyl (C=O) groups is 2. The van der Waals surface area contributed by atoms with E-state index in [1.165, 1.54) is 6.07 Å². The lowest BCUT2D eigenvalue weighted by Crippen LogP contribution is -2.27. The summed E-state index contributed by atoms with van der Waals surface area (Å²) in [7, 11) is 0. The predicted molar refractivity (Wildman–Crippen MR) is 66.6 cm³/mol. The lowest BCUT2D eigenvalue weighted by molar-refractivity contribution is 0.0518. The zero-order valence-corrected chi connectivity index (χ0v) is 11.0. The second kappa shape index (κ2) is 5.57. The maximum atomic E-state index is 11.5. The molecule has 100 valence electrons. The van der Waals surface area contributed by atoms with Gasteiger partial charge in [-0.1, -0.05) is 0 Å². The lowest BCUT2D eigenvalue weighted by Gasteiger charge is -2.19. The molecule has 6 heteroatoms. The van der Waals surface area contributed by atoms with Crippen LogP contribution < -0.4 is 5.32 Å². The third-order valence-electron chi connectivity index (χ3n) is 1.82. The van der Waals surface area contributed by atoms with Crippen molar-refractivity contribution in [2.45, 2.75) is 33.3 Å². The van der Waals surface area contributed by atoms with Crippen molar-refractivity contribution in [3.05, 3.63) is 17.8 Å². The van der Waals surface area contributed by atoms with Gasteiger partial charge in [-0.15, -0.1) is 0 Å². The fraction of sp³-hybridized carbons (Fsp3) is 0.500. The molecular weight excluding hydrogens is 236 g/mol. The lowest BCUT2D eigenvalue weighted by atomic mass is 10.2. The minimum atomic E-state index is -0.584. The number of amides is 1. The summed E-state index contributed by atoms with van der Waals surface area (Å²) in [6.07, 6.45) is -0.584. The van der Waals surface area contributed by atoms with Gasteiger partial charge in [-0.25, -0.2) is 9.59 Å². The van der Waals surface area contributed by atoms with E-state index < -0.39 is 17.7 Å². The van der Waals surface area contributed by atoms with Crippen molar-refractivity contribution in [3.8, 4) is 0 Å². The van der Waals surface area contributed by atoms with Gasteiger partial charge in [0.1, 0.15) is 17.1 Å². The van der Waals surface area contributed by atoms with Crippen LogP contribution in [0.1, 0.15) is 38.2 Å². The summed E-state index contributed by atoms with van der Waals surface area (Å²) in [5.74, 6) is -0.0814. The van der Waals surface area contributed by atoms with Crippen LogP contribution in [-0.2, 0) is 9.47 Å². The Kier molecular flexibility index (Phi) is 4.36. The van der Waals surface area contributed by atoms with E-state index in [9.17, 15) is 9.59 Å². The Morgan fingerprint density at radius 2 is 2.00 bits per heavy atom. The van der Waals surface area contributed by atoms with Crippen molar-refractivity contribution in [1.82, 2.24) is 4.98 Å². The standard InChI is InChI=1S/C12H18N2O4/c1-5-17-10(15)8-6-7-9(13-8)14-11(16)18-12(2,3)4/h6-7,13H,5H2,1-4H3,(H,14,16). The molecule has 0 spiro atoms. The molecule has 1 amide bonds. The van der Waals surface area contributed by atoms with Crippen LogP contribution in [-0.4, -0.2) is 29.3 Å². The first kappa shape index (κ1) is 14.1. The van der Waals surface area contributed by atoms with E-state index in [1.807, 2.05) is 0 Å². The molecule has 0 aromatic carbocycles. The predicted octanol–water partition coefficient (Wildman–Crippen LogP) is 2.54. The highest BCUT2D eigenvalue weighted by molar-refractivity contribution is 5.90. The largest absolute Gasteiger partial charge is 0.461 e. The summed E-state index contributed by atoms with van der Waals surface area (Å²) in [6.45, 7) is 7.33.